The van der Waals surface area contributed by atoms with E-state index in [0.717, 1.165) is 24.6 Å². The summed E-state index contributed by atoms with van der Waals surface area (Å²) in [7, 11) is 1.98. The van der Waals surface area contributed by atoms with Crippen molar-refractivity contribution >= 4 is 11.6 Å². The molecule has 0 amide bonds. The average Bonchev–Trinajstić information content (AvgIpc) is 2.30. The summed E-state index contributed by atoms with van der Waals surface area (Å²) in [5.74, 6) is 0. The lowest BCUT2D eigenvalue weighted by Crippen LogP contribution is -2.07. The van der Waals surface area contributed by atoms with Gasteiger partial charge >= 0.3 is 0 Å². The van der Waals surface area contributed by atoms with Gasteiger partial charge in [-0.3, -0.25) is 0 Å². The quantitative estimate of drug-likeness (QED) is 0.706. The molecule has 0 bridgehead atoms. The third kappa shape index (κ3) is 6.11. The zero-order chi connectivity index (χ0) is 11.6. The van der Waals surface area contributed by atoms with E-state index in [9.17, 15) is 0 Å². The van der Waals surface area contributed by atoms with Gasteiger partial charge in [0.1, 0.15) is 0 Å². The van der Waals surface area contributed by atoms with Crippen LogP contribution in [0.1, 0.15) is 24.8 Å². The first-order valence-electron chi connectivity index (χ1n) is 5.79. The van der Waals surface area contributed by atoms with Crippen molar-refractivity contribution < 1.29 is 4.74 Å². The molecule has 1 N–H and O–H groups in total. The van der Waals surface area contributed by atoms with Gasteiger partial charge in [-0.1, -0.05) is 23.7 Å². The number of hydrogen-bond acceptors (Lipinski definition) is 2. The molecule has 16 heavy (non-hydrogen) atoms. The average molecular weight is 242 g/mol. The molecule has 0 radical (unpaired) electrons. The molecular formula is C13H20ClNO. The lowest BCUT2D eigenvalue weighted by molar-refractivity contribution is 0.117. The summed E-state index contributed by atoms with van der Waals surface area (Å²) < 4.78 is 5.58. The standard InChI is InChI=1S/C13H20ClNO/c1-15-9-3-2-4-10-16-11-12-5-7-13(14)8-6-12/h5-8,15H,2-4,9-11H2,1H3. The van der Waals surface area contributed by atoms with Gasteiger partial charge in [0, 0.05) is 11.6 Å². The zero-order valence-electron chi connectivity index (χ0n) is 9.84. The Labute approximate surface area is 103 Å². The van der Waals surface area contributed by atoms with Gasteiger partial charge in [0.05, 0.1) is 6.61 Å². The molecule has 0 aromatic heterocycles. The second-order valence-electron chi connectivity index (χ2n) is 3.84. The number of hydrogen-bond donors (Lipinski definition) is 1. The van der Waals surface area contributed by atoms with Crippen molar-refractivity contribution in [2.45, 2.75) is 25.9 Å². The molecule has 1 aromatic carbocycles. The first kappa shape index (κ1) is 13.5. The van der Waals surface area contributed by atoms with E-state index in [-0.39, 0.29) is 0 Å². The SMILES string of the molecule is CNCCCCCOCc1ccc(Cl)cc1. The van der Waals surface area contributed by atoms with E-state index < -0.39 is 0 Å². The van der Waals surface area contributed by atoms with Crippen LogP contribution in [-0.2, 0) is 11.3 Å². The van der Waals surface area contributed by atoms with Gasteiger partial charge in [0.2, 0.25) is 0 Å². The fraction of sp³-hybridized carbons (Fsp3) is 0.538. The molecule has 1 rings (SSSR count). The van der Waals surface area contributed by atoms with Crippen LogP contribution in [0.2, 0.25) is 5.02 Å². The van der Waals surface area contributed by atoms with Crippen LogP contribution >= 0.6 is 11.6 Å². The maximum Gasteiger partial charge on any atom is 0.0716 e. The van der Waals surface area contributed by atoms with Gasteiger partial charge in [0.15, 0.2) is 0 Å². The molecule has 2 nitrogen and oxygen atoms in total. The fourth-order valence-corrected chi connectivity index (χ4v) is 1.58. The van der Waals surface area contributed by atoms with Crippen LogP contribution in [0.4, 0.5) is 0 Å². The molecule has 0 fully saturated rings. The third-order valence-electron chi connectivity index (χ3n) is 2.40. The van der Waals surface area contributed by atoms with Crippen LogP contribution in [0.15, 0.2) is 24.3 Å². The normalized spacial score (nSPS) is 10.6. The van der Waals surface area contributed by atoms with Crippen molar-refractivity contribution in [1.82, 2.24) is 5.32 Å². The van der Waals surface area contributed by atoms with E-state index >= 15 is 0 Å². The van der Waals surface area contributed by atoms with Crippen LogP contribution in [0.5, 0.6) is 0 Å². The largest absolute Gasteiger partial charge is 0.377 e. The molecule has 90 valence electrons. The van der Waals surface area contributed by atoms with Gasteiger partial charge in [0.25, 0.3) is 0 Å². The fourth-order valence-electron chi connectivity index (χ4n) is 1.45. The lowest BCUT2D eigenvalue weighted by Gasteiger charge is -2.04. The smallest absolute Gasteiger partial charge is 0.0716 e. The van der Waals surface area contributed by atoms with E-state index in [2.05, 4.69) is 5.32 Å². The second-order valence-corrected chi connectivity index (χ2v) is 4.28. The molecule has 0 saturated carbocycles. The Bertz CT molecular complexity index is 274. The highest BCUT2D eigenvalue weighted by Crippen LogP contribution is 2.10. The van der Waals surface area contributed by atoms with Crippen molar-refractivity contribution in [3.8, 4) is 0 Å². The van der Waals surface area contributed by atoms with E-state index in [1.54, 1.807) is 0 Å². The zero-order valence-corrected chi connectivity index (χ0v) is 10.6. The first-order chi connectivity index (χ1) is 7.83. The molecule has 0 aliphatic rings. The van der Waals surface area contributed by atoms with Crippen molar-refractivity contribution in [3.05, 3.63) is 34.9 Å². The monoisotopic (exact) mass is 241 g/mol. The molecule has 0 unspecified atom stereocenters. The van der Waals surface area contributed by atoms with Gasteiger partial charge in [-0.2, -0.15) is 0 Å². The van der Waals surface area contributed by atoms with Gasteiger partial charge < -0.3 is 10.1 Å². The van der Waals surface area contributed by atoms with Gasteiger partial charge in [-0.25, -0.2) is 0 Å². The predicted octanol–water partition coefficient (Wildman–Crippen LogP) is 3.25. The Morgan fingerprint density at radius 2 is 1.88 bits per heavy atom. The molecule has 0 spiro atoms. The Hall–Kier alpha value is -0.570. The molecule has 0 aliphatic heterocycles. The minimum absolute atomic E-state index is 0.684. The molecule has 3 heteroatoms. The topological polar surface area (TPSA) is 21.3 Å². The van der Waals surface area contributed by atoms with Crippen LogP contribution < -0.4 is 5.32 Å². The summed E-state index contributed by atoms with van der Waals surface area (Å²) in [5.41, 5.74) is 1.18. The highest BCUT2D eigenvalue weighted by Gasteiger charge is 1.94. The Kier molecular flexibility index (Phi) is 7.23. The maximum atomic E-state index is 5.80. The highest BCUT2D eigenvalue weighted by atomic mass is 35.5. The summed E-state index contributed by atoms with van der Waals surface area (Å²) in [6.45, 7) is 2.62. The third-order valence-corrected chi connectivity index (χ3v) is 2.65. The summed E-state index contributed by atoms with van der Waals surface area (Å²) in [5, 5.41) is 3.91. The van der Waals surface area contributed by atoms with E-state index in [1.807, 2.05) is 31.3 Å². The predicted molar refractivity (Wildman–Crippen MR) is 68.9 cm³/mol. The number of unbranched alkanes of at least 4 members (excludes halogenated alkanes) is 2. The first-order valence-corrected chi connectivity index (χ1v) is 6.17. The Morgan fingerprint density at radius 1 is 1.12 bits per heavy atom. The maximum absolute atomic E-state index is 5.80. The summed E-state index contributed by atoms with van der Waals surface area (Å²) in [6, 6.07) is 7.80. The number of rotatable bonds is 8. The molecule has 0 heterocycles. The minimum Gasteiger partial charge on any atom is -0.377 e. The number of benzene rings is 1. The highest BCUT2D eigenvalue weighted by molar-refractivity contribution is 6.30. The van der Waals surface area contributed by atoms with Crippen molar-refractivity contribution in [2.75, 3.05) is 20.2 Å². The second kappa shape index (κ2) is 8.57. The molecule has 1 aromatic rings. The van der Waals surface area contributed by atoms with E-state index in [1.165, 1.54) is 18.4 Å². The van der Waals surface area contributed by atoms with Crippen LogP contribution in [-0.4, -0.2) is 20.2 Å². The van der Waals surface area contributed by atoms with Gasteiger partial charge in [-0.15, -0.1) is 0 Å². The molecule has 0 aliphatic carbocycles. The summed E-state index contributed by atoms with van der Waals surface area (Å²) >= 11 is 5.80. The van der Waals surface area contributed by atoms with E-state index in [0.29, 0.717) is 6.61 Å². The number of halogens is 1. The lowest BCUT2D eigenvalue weighted by atomic mass is 10.2. The van der Waals surface area contributed by atoms with Crippen molar-refractivity contribution in [1.29, 1.82) is 0 Å². The Balaban J connectivity index is 2.01. The summed E-state index contributed by atoms with van der Waals surface area (Å²) in [4.78, 5) is 0. The Morgan fingerprint density at radius 3 is 2.56 bits per heavy atom. The number of ether oxygens (including phenoxy) is 1. The van der Waals surface area contributed by atoms with Crippen LogP contribution in [0.25, 0.3) is 0 Å². The van der Waals surface area contributed by atoms with Gasteiger partial charge in [-0.05, 0) is 50.6 Å². The molecule has 0 atom stereocenters. The van der Waals surface area contributed by atoms with Crippen LogP contribution in [0, 0.1) is 0 Å². The van der Waals surface area contributed by atoms with Crippen LogP contribution in [0.3, 0.4) is 0 Å². The number of nitrogens with one attached hydrogen (secondary N) is 1. The van der Waals surface area contributed by atoms with Crippen molar-refractivity contribution in [2.24, 2.45) is 0 Å². The minimum atomic E-state index is 0.684. The van der Waals surface area contributed by atoms with Crippen molar-refractivity contribution in [3.63, 3.8) is 0 Å². The summed E-state index contributed by atoms with van der Waals surface area (Å²) in [6.07, 6.45) is 3.58. The molecule has 0 saturated heterocycles. The van der Waals surface area contributed by atoms with E-state index in [4.69, 9.17) is 16.3 Å². The molecular weight excluding hydrogens is 222 g/mol.